The number of nitrogens with zero attached hydrogens (tertiary/aromatic N) is 1. The SMILES string of the molecule is Cc1ccccc1[C@H](CC(=O)O)NC(=O)c1cc(=O)n(-c2ccc(F)cc2)[nH]1. The fourth-order valence-corrected chi connectivity index (χ4v) is 2.92. The van der Waals surface area contributed by atoms with Crippen molar-refractivity contribution in [2.24, 2.45) is 0 Å². The average Bonchev–Trinajstić information content (AvgIpc) is 3.04. The van der Waals surface area contributed by atoms with Crippen LogP contribution in [0.1, 0.15) is 34.1 Å². The summed E-state index contributed by atoms with van der Waals surface area (Å²) in [6.07, 6.45) is -0.306. The van der Waals surface area contributed by atoms with Crippen LogP contribution in [-0.4, -0.2) is 26.8 Å². The van der Waals surface area contributed by atoms with E-state index in [1.54, 1.807) is 12.1 Å². The lowest BCUT2D eigenvalue weighted by Crippen LogP contribution is -2.31. The molecule has 8 heteroatoms. The monoisotopic (exact) mass is 383 g/mol. The standard InChI is InChI=1S/C20H18FN3O4/c1-12-4-2-3-5-15(12)16(11-19(26)27)22-20(28)17-10-18(25)24(23-17)14-8-6-13(21)7-9-14/h2-10,16,23H,11H2,1H3,(H,22,28)(H,26,27)/t16-/m0/s1. The summed E-state index contributed by atoms with van der Waals surface area (Å²) in [7, 11) is 0. The Morgan fingerprint density at radius 3 is 2.50 bits per heavy atom. The molecule has 7 nitrogen and oxygen atoms in total. The zero-order valence-electron chi connectivity index (χ0n) is 15.0. The Kier molecular flexibility index (Phi) is 5.39. The van der Waals surface area contributed by atoms with Gasteiger partial charge in [-0.25, -0.2) is 9.07 Å². The molecular weight excluding hydrogens is 365 g/mol. The number of hydrogen-bond acceptors (Lipinski definition) is 3. The zero-order valence-corrected chi connectivity index (χ0v) is 15.0. The van der Waals surface area contributed by atoms with Crippen molar-refractivity contribution in [3.63, 3.8) is 0 Å². The van der Waals surface area contributed by atoms with Gasteiger partial charge in [-0.05, 0) is 42.3 Å². The molecule has 28 heavy (non-hydrogen) atoms. The number of aromatic amines is 1. The first-order valence-electron chi connectivity index (χ1n) is 8.51. The van der Waals surface area contributed by atoms with Crippen LogP contribution in [-0.2, 0) is 4.79 Å². The van der Waals surface area contributed by atoms with Gasteiger partial charge < -0.3 is 10.4 Å². The number of aryl methyl sites for hydroxylation is 1. The van der Waals surface area contributed by atoms with Crippen LogP contribution in [0.15, 0.2) is 59.4 Å². The normalized spacial score (nSPS) is 11.8. The van der Waals surface area contributed by atoms with Crippen molar-refractivity contribution in [1.82, 2.24) is 15.1 Å². The first-order chi connectivity index (χ1) is 13.3. The zero-order chi connectivity index (χ0) is 20.3. The summed E-state index contributed by atoms with van der Waals surface area (Å²) in [5, 5.41) is 14.5. The summed E-state index contributed by atoms with van der Waals surface area (Å²) in [6.45, 7) is 1.82. The maximum Gasteiger partial charge on any atom is 0.305 e. The van der Waals surface area contributed by atoms with Crippen molar-refractivity contribution in [2.45, 2.75) is 19.4 Å². The summed E-state index contributed by atoms with van der Waals surface area (Å²) < 4.78 is 14.2. The van der Waals surface area contributed by atoms with E-state index in [1.165, 1.54) is 24.3 Å². The van der Waals surface area contributed by atoms with E-state index in [4.69, 9.17) is 0 Å². The number of carboxylic acids is 1. The number of rotatable bonds is 6. The third kappa shape index (κ3) is 4.17. The van der Waals surface area contributed by atoms with Crippen molar-refractivity contribution in [1.29, 1.82) is 0 Å². The predicted molar refractivity (Wildman–Crippen MR) is 100.0 cm³/mol. The number of carbonyl (C=O) groups excluding carboxylic acids is 1. The van der Waals surface area contributed by atoms with Crippen molar-refractivity contribution < 1.29 is 19.1 Å². The third-order valence-electron chi connectivity index (χ3n) is 4.30. The minimum absolute atomic E-state index is 0.0294. The van der Waals surface area contributed by atoms with Gasteiger partial charge in [-0.15, -0.1) is 0 Å². The number of halogens is 1. The Bertz CT molecular complexity index is 1070. The van der Waals surface area contributed by atoms with Crippen LogP contribution in [0.3, 0.4) is 0 Å². The van der Waals surface area contributed by atoms with Gasteiger partial charge in [0, 0.05) is 6.07 Å². The second-order valence-corrected chi connectivity index (χ2v) is 6.30. The Morgan fingerprint density at radius 2 is 1.86 bits per heavy atom. The number of amides is 1. The number of aromatic nitrogens is 2. The molecule has 0 aliphatic heterocycles. The molecule has 1 atom stereocenters. The molecular formula is C20H18FN3O4. The van der Waals surface area contributed by atoms with E-state index in [-0.39, 0.29) is 12.1 Å². The Labute approximate surface area is 159 Å². The fourth-order valence-electron chi connectivity index (χ4n) is 2.92. The van der Waals surface area contributed by atoms with Crippen molar-refractivity contribution >= 4 is 11.9 Å². The molecule has 3 N–H and O–H groups in total. The molecule has 3 rings (SSSR count). The first-order valence-corrected chi connectivity index (χ1v) is 8.51. The average molecular weight is 383 g/mol. The molecule has 1 aromatic heterocycles. The number of benzene rings is 2. The van der Waals surface area contributed by atoms with Crippen LogP contribution in [0, 0.1) is 12.7 Å². The van der Waals surface area contributed by atoms with Gasteiger partial charge in [0.15, 0.2) is 0 Å². The minimum Gasteiger partial charge on any atom is -0.481 e. The molecule has 0 saturated carbocycles. The van der Waals surface area contributed by atoms with Crippen LogP contribution >= 0.6 is 0 Å². The number of carbonyl (C=O) groups is 2. The molecule has 0 bridgehead atoms. The van der Waals surface area contributed by atoms with Gasteiger partial charge in [0.2, 0.25) is 0 Å². The van der Waals surface area contributed by atoms with E-state index in [0.29, 0.717) is 11.3 Å². The molecule has 0 saturated heterocycles. The number of H-pyrrole nitrogens is 1. The Hall–Kier alpha value is -3.68. The van der Waals surface area contributed by atoms with Crippen molar-refractivity contribution in [2.75, 3.05) is 0 Å². The third-order valence-corrected chi connectivity index (χ3v) is 4.30. The van der Waals surface area contributed by atoms with Gasteiger partial charge in [0.05, 0.1) is 18.2 Å². The summed E-state index contributed by atoms with van der Waals surface area (Å²) in [5.74, 6) is -2.13. The maximum atomic E-state index is 13.1. The topological polar surface area (TPSA) is 104 Å². The molecule has 0 aliphatic carbocycles. The highest BCUT2D eigenvalue weighted by Gasteiger charge is 2.22. The van der Waals surface area contributed by atoms with E-state index in [1.807, 2.05) is 19.1 Å². The first kappa shape index (κ1) is 19.1. The largest absolute Gasteiger partial charge is 0.481 e. The van der Waals surface area contributed by atoms with Crippen LogP contribution < -0.4 is 10.9 Å². The summed E-state index contributed by atoms with van der Waals surface area (Å²) in [5.41, 5.74) is 1.36. The molecule has 1 amide bonds. The quantitative estimate of drug-likeness (QED) is 0.608. The summed E-state index contributed by atoms with van der Waals surface area (Å²) in [6, 6.07) is 12.7. The van der Waals surface area contributed by atoms with Crippen LogP contribution in [0.2, 0.25) is 0 Å². The highest BCUT2D eigenvalue weighted by molar-refractivity contribution is 5.92. The lowest BCUT2D eigenvalue weighted by Gasteiger charge is -2.19. The van der Waals surface area contributed by atoms with E-state index >= 15 is 0 Å². The van der Waals surface area contributed by atoms with E-state index in [0.717, 1.165) is 16.3 Å². The smallest absolute Gasteiger partial charge is 0.305 e. The molecule has 3 aromatic rings. The Balaban J connectivity index is 1.87. The molecule has 0 unspecified atom stereocenters. The molecule has 2 aromatic carbocycles. The fraction of sp³-hybridized carbons (Fsp3) is 0.150. The van der Waals surface area contributed by atoms with Crippen LogP contribution in [0.25, 0.3) is 5.69 Å². The summed E-state index contributed by atoms with van der Waals surface area (Å²) >= 11 is 0. The van der Waals surface area contributed by atoms with Gasteiger partial charge >= 0.3 is 5.97 Å². The van der Waals surface area contributed by atoms with E-state index in [2.05, 4.69) is 10.4 Å². The second-order valence-electron chi connectivity index (χ2n) is 6.30. The number of hydrogen-bond donors (Lipinski definition) is 3. The van der Waals surface area contributed by atoms with Gasteiger partial charge in [-0.1, -0.05) is 24.3 Å². The predicted octanol–water partition coefficient (Wildman–Crippen LogP) is 2.56. The number of carboxylic acid groups (broad SMARTS) is 1. The Morgan fingerprint density at radius 1 is 1.18 bits per heavy atom. The molecule has 0 fully saturated rings. The molecule has 1 heterocycles. The molecule has 0 spiro atoms. The number of aliphatic carboxylic acids is 1. The second kappa shape index (κ2) is 7.91. The highest BCUT2D eigenvalue weighted by Crippen LogP contribution is 2.21. The number of nitrogens with one attached hydrogen (secondary N) is 2. The van der Waals surface area contributed by atoms with Crippen molar-refractivity contribution in [3.05, 3.63) is 87.6 Å². The summed E-state index contributed by atoms with van der Waals surface area (Å²) in [4.78, 5) is 36.0. The minimum atomic E-state index is -1.06. The molecule has 0 aliphatic rings. The highest BCUT2D eigenvalue weighted by atomic mass is 19.1. The van der Waals surface area contributed by atoms with Gasteiger partial charge in [-0.3, -0.25) is 19.5 Å². The molecule has 0 radical (unpaired) electrons. The van der Waals surface area contributed by atoms with E-state index in [9.17, 15) is 23.9 Å². The van der Waals surface area contributed by atoms with Gasteiger partial charge in [0.25, 0.3) is 11.5 Å². The van der Waals surface area contributed by atoms with Crippen LogP contribution in [0.4, 0.5) is 4.39 Å². The lowest BCUT2D eigenvalue weighted by atomic mass is 9.98. The van der Waals surface area contributed by atoms with Gasteiger partial charge in [0.1, 0.15) is 11.5 Å². The molecule has 144 valence electrons. The van der Waals surface area contributed by atoms with Gasteiger partial charge in [-0.2, -0.15) is 0 Å². The van der Waals surface area contributed by atoms with Crippen LogP contribution in [0.5, 0.6) is 0 Å². The lowest BCUT2D eigenvalue weighted by molar-refractivity contribution is -0.137. The van der Waals surface area contributed by atoms with Crippen molar-refractivity contribution in [3.8, 4) is 5.69 Å². The maximum absolute atomic E-state index is 13.1. The van der Waals surface area contributed by atoms with E-state index < -0.39 is 29.3 Å².